The Morgan fingerprint density at radius 2 is 1.52 bits per heavy atom. The van der Waals surface area contributed by atoms with E-state index in [0.717, 1.165) is 17.2 Å². The number of halogens is 3. The molecule has 0 aliphatic carbocycles. The number of anilines is 3. The Hall–Kier alpha value is -2.17. The number of nitrogens with zero attached hydrogens (tertiary/aromatic N) is 1. The van der Waals surface area contributed by atoms with E-state index in [1.807, 2.05) is 32.0 Å². The lowest BCUT2D eigenvalue weighted by molar-refractivity contribution is -0.137. The van der Waals surface area contributed by atoms with Crippen LogP contribution in [0.5, 0.6) is 0 Å². The van der Waals surface area contributed by atoms with Crippen molar-refractivity contribution in [3.05, 3.63) is 53.1 Å². The molecule has 2 rings (SSSR count). The molecule has 0 bridgehead atoms. The number of hydrogen-bond acceptors (Lipinski definition) is 2. The Kier molecular flexibility index (Phi) is 3.85. The van der Waals surface area contributed by atoms with Gasteiger partial charge in [-0.2, -0.15) is 13.2 Å². The summed E-state index contributed by atoms with van der Waals surface area (Å²) in [5.41, 5.74) is 7.65. The Morgan fingerprint density at radius 1 is 0.952 bits per heavy atom. The van der Waals surface area contributed by atoms with Crippen LogP contribution in [-0.2, 0) is 6.18 Å². The van der Waals surface area contributed by atoms with Crippen LogP contribution in [0, 0.1) is 13.8 Å². The molecule has 0 aromatic heterocycles. The summed E-state index contributed by atoms with van der Waals surface area (Å²) >= 11 is 0. The second-order valence-corrected chi connectivity index (χ2v) is 5.18. The molecule has 21 heavy (non-hydrogen) atoms. The minimum Gasteiger partial charge on any atom is -0.399 e. The van der Waals surface area contributed by atoms with Crippen molar-refractivity contribution < 1.29 is 13.2 Å². The van der Waals surface area contributed by atoms with Crippen LogP contribution in [-0.4, -0.2) is 7.05 Å². The zero-order valence-electron chi connectivity index (χ0n) is 12.1. The van der Waals surface area contributed by atoms with Crippen LogP contribution < -0.4 is 10.6 Å². The molecule has 0 heterocycles. The maximum atomic E-state index is 13.2. The van der Waals surface area contributed by atoms with Crippen molar-refractivity contribution in [2.75, 3.05) is 17.7 Å². The predicted octanol–water partition coefficient (Wildman–Crippen LogP) is 4.67. The summed E-state index contributed by atoms with van der Waals surface area (Å²) in [4.78, 5) is 1.53. The predicted molar refractivity (Wildman–Crippen MR) is 79.8 cm³/mol. The molecule has 2 aromatic rings. The SMILES string of the molecule is Cc1cc(C)cc(N(C)c2ccc(N)cc2C(F)(F)F)c1. The van der Waals surface area contributed by atoms with Crippen LogP contribution >= 0.6 is 0 Å². The van der Waals surface area contributed by atoms with E-state index in [-0.39, 0.29) is 11.4 Å². The zero-order chi connectivity index (χ0) is 15.8. The van der Waals surface area contributed by atoms with Gasteiger partial charge in [-0.05, 0) is 55.3 Å². The van der Waals surface area contributed by atoms with Crippen molar-refractivity contribution >= 4 is 17.1 Å². The minimum atomic E-state index is -4.45. The van der Waals surface area contributed by atoms with Gasteiger partial charge in [-0.3, -0.25) is 0 Å². The van der Waals surface area contributed by atoms with Gasteiger partial charge in [0.2, 0.25) is 0 Å². The fourth-order valence-corrected chi connectivity index (χ4v) is 2.36. The van der Waals surface area contributed by atoms with Crippen molar-refractivity contribution in [2.24, 2.45) is 0 Å². The van der Waals surface area contributed by atoms with Gasteiger partial charge in [0, 0.05) is 18.4 Å². The monoisotopic (exact) mass is 294 g/mol. The molecule has 0 saturated carbocycles. The van der Waals surface area contributed by atoms with Crippen molar-refractivity contribution in [1.29, 1.82) is 0 Å². The van der Waals surface area contributed by atoms with Gasteiger partial charge >= 0.3 is 6.18 Å². The Balaban J connectivity index is 2.55. The molecule has 0 aliphatic heterocycles. The van der Waals surface area contributed by atoms with Gasteiger partial charge in [0.15, 0.2) is 0 Å². The summed E-state index contributed by atoms with van der Waals surface area (Å²) in [7, 11) is 1.62. The van der Waals surface area contributed by atoms with Gasteiger partial charge in [0.25, 0.3) is 0 Å². The number of nitrogens with two attached hydrogens (primary N) is 1. The summed E-state index contributed by atoms with van der Waals surface area (Å²) in [5, 5.41) is 0. The number of rotatable bonds is 2. The first kappa shape index (κ1) is 15.2. The first-order valence-corrected chi connectivity index (χ1v) is 6.47. The topological polar surface area (TPSA) is 29.3 Å². The molecule has 2 N–H and O–H groups in total. The van der Waals surface area contributed by atoms with Crippen molar-refractivity contribution in [1.82, 2.24) is 0 Å². The molecule has 2 nitrogen and oxygen atoms in total. The molecular formula is C16H17F3N2. The highest BCUT2D eigenvalue weighted by atomic mass is 19.4. The summed E-state index contributed by atoms with van der Waals surface area (Å²) in [5.74, 6) is 0. The minimum absolute atomic E-state index is 0.0849. The zero-order valence-corrected chi connectivity index (χ0v) is 12.1. The van der Waals surface area contributed by atoms with E-state index >= 15 is 0 Å². The lowest BCUT2D eigenvalue weighted by atomic mass is 10.1. The smallest absolute Gasteiger partial charge is 0.399 e. The fourth-order valence-electron chi connectivity index (χ4n) is 2.36. The van der Waals surface area contributed by atoms with Crippen LogP contribution in [0.15, 0.2) is 36.4 Å². The van der Waals surface area contributed by atoms with Gasteiger partial charge in [0.1, 0.15) is 0 Å². The number of nitrogen functional groups attached to an aromatic ring is 1. The number of benzene rings is 2. The Bertz CT molecular complexity index is 643. The van der Waals surface area contributed by atoms with E-state index < -0.39 is 11.7 Å². The quantitative estimate of drug-likeness (QED) is 0.815. The Labute approximate surface area is 122 Å². The largest absolute Gasteiger partial charge is 0.418 e. The molecule has 0 fully saturated rings. The Morgan fingerprint density at radius 3 is 2.05 bits per heavy atom. The van der Waals surface area contributed by atoms with Crippen LogP contribution in [0.2, 0.25) is 0 Å². The molecule has 0 unspecified atom stereocenters. The van der Waals surface area contributed by atoms with E-state index in [1.54, 1.807) is 7.05 Å². The third-order valence-corrected chi connectivity index (χ3v) is 3.28. The summed E-state index contributed by atoms with van der Waals surface area (Å²) < 4.78 is 39.5. The van der Waals surface area contributed by atoms with Crippen LogP contribution in [0.25, 0.3) is 0 Å². The second-order valence-electron chi connectivity index (χ2n) is 5.18. The highest BCUT2D eigenvalue weighted by molar-refractivity contribution is 5.69. The fraction of sp³-hybridized carbons (Fsp3) is 0.250. The number of aryl methyl sites for hydroxylation is 2. The molecule has 112 valence electrons. The number of hydrogen-bond donors (Lipinski definition) is 1. The second kappa shape index (κ2) is 5.31. The van der Waals surface area contributed by atoms with E-state index in [9.17, 15) is 13.2 Å². The number of alkyl halides is 3. The van der Waals surface area contributed by atoms with Gasteiger partial charge in [0.05, 0.1) is 11.3 Å². The summed E-state index contributed by atoms with van der Waals surface area (Å²) in [6.07, 6.45) is -4.45. The standard InChI is InChI=1S/C16H17F3N2/c1-10-6-11(2)8-13(7-10)21(3)15-5-4-12(20)9-14(15)16(17,18)19/h4-9H,20H2,1-3H3. The van der Waals surface area contributed by atoms with Gasteiger partial charge in [-0.15, -0.1) is 0 Å². The average molecular weight is 294 g/mol. The van der Waals surface area contributed by atoms with E-state index in [0.29, 0.717) is 5.69 Å². The van der Waals surface area contributed by atoms with Gasteiger partial charge < -0.3 is 10.6 Å². The van der Waals surface area contributed by atoms with Crippen molar-refractivity contribution in [3.8, 4) is 0 Å². The van der Waals surface area contributed by atoms with Crippen molar-refractivity contribution in [3.63, 3.8) is 0 Å². The van der Waals surface area contributed by atoms with Gasteiger partial charge in [-0.25, -0.2) is 0 Å². The van der Waals surface area contributed by atoms with Crippen LogP contribution in [0.3, 0.4) is 0 Å². The molecule has 2 aromatic carbocycles. The highest BCUT2D eigenvalue weighted by Gasteiger charge is 2.34. The maximum Gasteiger partial charge on any atom is 0.418 e. The van der Waals surface area contributed by atoms with Crippen molar-refractivity contribution in [2.45, 2.75) is 20.0 Å². The normalized spacial score (nSPS) is 11.5. The molecule has 0 amide bonds. The molecule has 5 heteroatoms. The summed E-state index contributed by atoms with van der Waals surface area (Å²) in [6, 6.07) is 9.52. The van der Waals surface area contributed by atoms with Gasteiger partial charge in [-0.1, -0.05) is 6.07 Å². The van der Waals surface area contributed by atoms with E-state index in [1.165, 1.54) is 17.0 Å². The van der Waals surface area contributed by atoms with Crippen LogP contribution in [0.1, 0.15) is 16.7 Å². The molecule has 0 radical (unpaired) electrons. The molecule has 0 saturated heterocycles. The van der Waals surface area contributed by atoms with E-state index in [4.69, 9.17) is 5.73 Å². The molecule has 0 aliphatic rings. The lowest BCUT2D eigenvalue weighted by Crippen LogP contribution is -2.17. The molecule has 0 atom stereocenters. The average Bonchev–Trinajstić information content (AvgIpc) is 2.35. The first-order chi connectivity index (χ1) is 9.68. The lowest BCUT2D eigenvalue weighted by Gasteiger charge is -2.24. The molecule has 0 spiro atoms. The first-order valence-electron chi connectivity index (χ1n) is 6.47. The highest BCUT2D eigenvalue weighted by Crippen LogP contribution is 2.39. The maximum absolute atomic E-state index is 13.2. The van der Waals surface area contributed by atoms with Crippen LogP contribution in [0.4, 0.5) is 30.2 Å². The third-order valence-electron chi connectivity index (χ3n) is 3.28. The third kappa shape index (κ3) is 3.29. The van der Waals surface area contributed by atoms with E-state index in [2.05, 4.69) is 0 Å². The summed E-state index contributed by atoms with van der Waals surface area (Å²) in [6.45, 7) is 3.83. The molecular weight excluding hydrogens is 277 g/mol.